The molecule has 1 atom stereocenters. The van der Waals surface area contributed by atoms with E-state index < -0.39 is 0 Å². The van der Waals surface area contributed by atoms with Gasteiger partial charge in [-0.2, -0.15) is 0 Å². The lowest BCUT2D eigenvalue weighted by atomic mass is 10.1. The first kappa shape index (κ1) is 16.6. The van der Waals surface area contributed by atoms with Gasteiger partial charge in [-0.15, -0.1) is 11.6 Å². The number of likely N-dealkylation sites (tertiary alicyclic amines) is 1. The molecule has 120 valence electrons. The minimum Gasteiger partial charge on any atom is -0.445 e. The van der Waals surface area contributed by atoms with Crippen molar-refractivity contribution >= 4 is 23.6 Å². The van der Waals surface area contributed by atoms with Gasteiger partial charge in [0.05, 0.1) is 0 Å². The summed E-state index contributed by atoms with van der Waals surface area (Å²) in [6.07, 6.45) is 1.40. The smallest absolute Gasteiger partial charge is 0.410 e. The second-order valence-corrected chi connectivity index (χ2v) is 5.69. The fourth-order valence-corrected chi connectivity index (χ4v) is 2.73. The van der Waals surface area contributed by atoms with Crippen molar-refractivity contribution < 1.29 is 14.3 Å². The average Bonchev–Trinajstić information content (AvgIpc) is 2.59. The predicted octanol–water partition coefficient (Wildman–Crippen LogP) is 2.48. The molecule has 0 unspecified atom stereocenters. The maximum atomic E-state index is 12.2. The van der Waals surface area contributed by atoms with Crippen LogP contribution in [0.5, 0.6) is 0 Å². The number of likely N-dealkylation sites (N-methyl/N-ethyl adjacent to an activating group) is 1. The molecule has 0 radical (unpaired) electrons. The van der Waals surface area contributed by atoms with E-state index in [0.29, 0.717) is 13.1 Å². The molecule has 0 saturated carbocycles. The number of benzene rings is 1. The number of ether oxygens (including phenoxy) is 1. The molecule has 0 bridgehead atoms. The normalized spacial score (nSPS) is 17.9. The second kappa shape index (κ2) is 8.03. The summed E-state index contributed by atoms with van der Waals surface area (Å²) in [5, 5.41) is 0. The molecule has 1 fully saturated rings. The van der Waals surface area contributed by atoms with Crippen LogP contribution in [0.15, 0.2) is 30.3 Å². The first-order chi connectivity index (χ1) is 10.6. The summed E-state index contributed by atoms with van der Waals surface area (Å²) < 4.78 is 5.34. The number of piperidine rings is 1. The Balaban J connectivity index is 1.86. The summed E-state index contributed by atoms with van der Waals surface area (Å²) in [6, 6.07) is 9.58. The molecule has 1 heterocycles. The molecular weight excluding hydrogens is 304 g/mol. The summed E-state index contributed by atoms with van der Waals surface area (Å²) in [4.78, 5) is 27.1. The highest BCUT2D eigenvalue weighted by atomic mass is 35.5. The van der Waals surface area contributed by atoms with Gasteiger partial charge in [0, 0.05) is 26.2 Å². The monoisotopic (exact) mass is 324 g/mol. The summed E-state index contributed by atoms with van der Waals surface area (Å²) in [5.41, 5.74) is 0.957. The molecular formula is C16H21ClN2O3. The first-order valence-electron chi connectivity index (χ1n) is 7.39. The zero-order chi connectivity index (χ0) is 15.9. The second-order valence-electron chi connectivity index (χ2n) is 5.42. The number of alkyl halides is 1. The zero-order valence-corrected chi connectivity index (χ0v) is 13.5. The first-order valence-corrected chi connectivity index (χ1v) is 7.92. The van der Waals surface area contributed by atoms with E-state index in [1.165, 1.54) is 0 Å². The van der Waals surface area contributed by atoms with Crippen molar-refractivity contribution in [1.29, 1.82) is 0 Å². The van der Waals surface area contributed by atoms with E-state index in [4.69, 9.17) is 16.3 Å². The molecule has 22 heavy (non-hydrogen) atoms. The van der Waals surface area contributed by atoms with Gasteiger partial charge < -0.3 is 14.5 Å². The third kappa shape index (κ3) is 4.37. The molecule has 1 saturated heterocycles. The van der Waals surface area contributed by atoms with Crippen molar-refractivity contribution in [2.24, 2.45) is 0 Å². The number of hydrogen-bond acceptors (Lipinski definition) is 3. The summed E-state index contributed by atoms with van der Waals surface area (Å²) in [7, 11) is 1.73. The number of nitrogens with zero attached hydrogens (tertiary/aromatic N) is 2. The molecule has 0 aliphatic carbocycles. The Morgan fingerprint density at radius 2 is 2.09 bits per heavy atom. The van der Waals surface area contributed by atoms with Gasteiger partial charge in [0.15, 0.2) is 0 Å². The highest BCUT2D eigenvalue weighted by Gasteiger charge is 2.28. The fourth-order valence-electron chi connectivity index (χ4n) is 2.55. The van der Waals surface area contributed by atoms with Crippen molar-refractivity contribution in [3.8, 4) is 0 Å². The number of halogens is 1. The molecule has 0 N–H and O–H groups in total. The van der Waals surface area contributed by atoms with Gasteiger partial charge in [-0.1, -0.05) is 30.3 Å². The van der Waals surface area contributed by atoms with Crippen LogP contribution in [0.3, 0.4) is 0 Å². The van der Waals surface area contributed by atoms with E-state index in [0.717, 1.165) is 18.4 Å². The van der Waals surface area contributed by atoms with Gasteiger partial charge in [-0.25, -0.2) is 4.79 Å². The van der Waals surface area contributed by atoms with E-state index in [-0.39, 0.29) is 30.5 Å². The van der Waals surface area contributed by atoms with E-state index in [1.807, 2.05) is 30.3 Å². The van der Waals surface area contributed by atoms with Crippen molar-refractivity contribution in [3.05, 3.63) is 35.9 Å². The van der Waals surface area contributed by atoms with E-state index >= 15 is 0 Å². The molecule has 0 spiro atoms. The Kier molecular flexibility index (Phi) is 6.07. The Morgan fingerprint density at radius 3 is 2.77 bits per heavy atom. The zero-order valence-electron chi connectivity index (χ0n) is 12.7. The van der Waals surface area contributed by atoms with Gasteiger partial charge in [0.1, 0.15) is 12.5 Å². The molecule has 2 rings (SSSR count). The minimum absolute atomic E-state index is 0.00396. The summed E-state index contributed by atoms with van der Waals surface area (Å²) in [5.74, 6) is -0.156. The van der Waals surface area contributed by atoms with Crippen molar-refractivity contribution in [3.63, 3.8) is 0 Å². The standard InChI is InChI=1S/C16H21ClN2O3/c1-18(15(20)10-17)14-8-5-9-19(11-14)16(21)22-12-13-6-3-2-4-7-13/h2-4,6-7,14H,5,8-12H2,1H3/t14-/m0/s1. The molecule has 5 nitrogen and oxygen atoms in total. The van der Waals surface area contributed by atoms with Crippen molar-refractivity contribution in [2.45, 2.75) is 25.5 Å². The number of hydrogen-bond donors (Lipinski definition) is 0. The number of carbonyl (C=O) groups is 2. The van der Waals surface area contributed by atoms with Crippen LogP contribution in [0.1, 0.15) is 18.4 Å². The maximum absolute atomic E-state index is 12.2. The highest BCUT2D eigenvalue weighted by Crippen LogP contribution is 2.16. The van der Waals surface area contributed by atoms with Crippen molar-refractivity contribution in [2.75, 3.05) is 26.0 Å². The Hall–Kier alpha value is -1.75. The van der Waals surface area contributed by atoms with E-state index in [9.17, 15) is 9.59 Å². The quantitative estimate of drug-likeness (QED) is 0.800. The SMILES string of the molecule is CN(C(=O)CCl)[C@H]1CCCN(C(=O)OCc2ccccc2)C1. The minimum atomic E-state index is -0.333. The lowest BCUT2D eigenvalue weighted by molar-refractivity contribution is -0.130. The molecule has 1 aliphatic heterocycles. The van der Waals surface area contributed by atoms with Crippen LogP contribution in [0, 0.1) is 0 Å². The molecule has 1 aromatic carbocycles. The molecule has 6 heteroatoms. The third-order valence-electron chi connectivity index (χ3n) is 3.92. The average molecular weight is 325 g/mol. The van der Waals surface area contributed by atoms with Gasteiger partial charge in [0.25, 0.3) is 0 Å². The lowest BCUT2D eigenvalue weighted by Gasteiger charge is -2.36. The number of carbonyl (C=O) groups excluding carboxylic acids is 2. The Bertz CT molecular complexity index is 509. The van der Waals surface area contributed by atoms with Crippen LogP contribution < -0.4 is 0 Å². The van der Waals surface area contributed by atoms with E-state index in [2.05, 4.69) is 0 Å². The van der Waals surface area contributed by atoms with Gasteiger partial charge in [-0.3, -0.25) is 4.79 Å². The Morgan fingerprint density at radius 1 is 1.36 bits per heavy atom. The largest absolute Gasteiger partial charge is 0.445 e. The van der Waals surface area contributed by atoms with E-state index in [1.54, 1.807) is 16.8 Å². The molecule has 2 amide bonds. The van der Waals surface area contributed by atoms with Crippen LogP contribution in [0.2, 0.25) is 0 Å². The number of rotatable bonds is 4. The highest BCUT2D eigenvalue weighted by molar-refractivity contribution is 6.27. The van der Waals surface area contributed by atoms with Gasteiger partial charge in [0.2, 0.25) is 5.91 Å². The number of amides is 2. The topological polar surface area (TPSA) is 49.9 Å². The summed E-state index contributed by atoms with van der Waals surface area (Å²) >= 11 is 5.59. The molecule has 1 aromatic rings. The summed E-state index contributed by atoms with van der Waals surface area (Å²) in [6.45, 7) is 1.41. The van der Waals surface area contributed by atoms with Gasteiger partial charge >= 0.3 is 6.09 Å². The van der Waals surface area contributed by atoms with Crippen LogP contribution in [-0.2, 0) is 16.1 Å². The van der Waals surface area contributed by atoms with Crippen molar-refractivity contribution in [1.82, 2.24) is 9.80 Å². The van der Waals surface area contributed by atoms with Crippen LogP contribution >= 0.6 is 11.6 Å². The lowest BCUT2D eigenvalue weighted by Crippen LogP contribution is -2.50. The van der Waals surface area contributed by atoms with Crippen LogP contribution in [0.25, 0.3) is 0 Å². The fraction of sp³-hybridized carbons (Fsp3) is 0.500. The van der Waals surface area contributed by atoms with Crippen LogP contribution in [0.4, 0.5) is 4.79 Å². The molecule has 0 aromatic heterocycles. The maximum Gasteiger partial charge on any atom is 0.410 e. The molecule has 1 aliphatic rings. The third-order valence-corrected chi connectivity index (χ3v) is 4.14. The van der Waals surface area contributed by atoms with Crippen LogP contribution in [-0.4, -0.2) is 53.9 Å². The van der Waals surface area contributed by atoms with Gasteiger partial charge in [-0.05, 0) is 18.4 Å². The predicted molar refractivity (Wildman–Crippen MR) is 84.7 cm³/mol. The Labute approximate surface area is 135 Å².